The van der Waals surface area contributed by atoms with Crippen LogP contribution in [0.25, 0.3) is 0 Å². The number of pyridine rings is 1. The number of rotatable bonds is 7. The summed E-state index contributed by atoms with van der Waals surface area (Å²) in [6.07, 6.45) is 3.40. The molecule has 3 rings (SSSR count). The zero-order valence-corrected chi connectivity index (χ0v) is 17.6. The summed E-state index contributed by atoms with van der Waals surface area (Å²) in [7, 11) is 0. The number of nitrogens with zero attached hydrogens (tertiary/aromatic N) is 4. The molecule has 0 saturated carbocycles. The predicted molar refractivity (Wildman–Crippen MR) is 122 cm³/mol. The van der Waals surface area contributed by atoms with Crippen LogP contribution in [0, 0.1) is 25.2 Å². The summed E-state index contributed by atoms with van der Waals surface area (Å²) in [5, 5.41) is 21.5. The van der Waals surface area contributed by atoms with Gasteiger partial charge >= 0.3 is 0 Å². The molecule has 3 N–H and O–H groups in total. The zero-order valence-electron chi connectivity index (χ0n) is 17.6. The number of hydrogen-bond acceptors (Lipinski definition) is 6. The van der Waals surface area contributed by atoms with Crippen molar-refractivity contribution in [2.45, 2.75) is 40.0 Å². The molecule has 0 aliphatic carbocycles. The topological polar surface area (TPSA) is 99.4 Å². The minimum Gasteiger partial charge on any atom is -0.383 e. The summed E-state index contributed by atoms with van der Waals surface area (Å²) < 4.78 is 0. The molecule has 0 bridgehead atoms. The predicted octanol–water partition coefficient (Wildman–Crippen LogP) is 6.65. The number of azo groups is 1. The van der Waals surface area contributed by atoms with Crippen LogP contribution < -0.4 is 11.1 Å². The number of nitrogen functional groups attached to an aromatic ring is 1. The van der Waals surface area contributed by atoms with Crippen LogP contribution in [0.5, 0.6) is 0 Å². The fourth-order valence-electron chi connectivity index (χ4n) is 3.14. The second kappa shape index (κ2) is 9.66. The summed E-state index contributed by atoms with van der Waals surface area (Å²) in [6, 6.07) is 18.1. The van der Waals surface area contributed by atoms with Crippen molar-refractivity contribution < 1.29 is 0 Å². The molecule has 1 aromatic heterocycles. The van der Waals surface area contributed by atoms with Crippen LogP contribution in [0.4, 0.5) is 28.7 Å². The molecular formula is C24H26N6. The third-order valence-electron chi connectivity index (χ3n) is 4.86. The highest BCUT2D eigenvalue weighted by Gasteiger charge is 2.16. The number of aryl methyl sites for hydroxylation is 2. The zero-order chi connectivity index (χ0) is 21.5. The Balaban J connectivity index is 1.96. The molecule has 6 heteroatoms. The Morgan fingerprint density at radius 3 is 2.53 bits per heavy atom. The first-order valence-electron chi connectivity index (χ1n) is 10.1. The first-order valence-corrected chi connectivity index (χ1v) is 10.1. The Morgan fingerprint density at radius 2 is 1.87 bits per heavy atom. The Hall–Kier alpha value is -3.72. The van der Waals surface area contributed by atoms with Gasteiger partial charge in [0.2, 0.25) is 0 Å². The molecule has 152 valence electrons. The maximum atomic E-state index is 9.46. The van der Waals surface area contributed by atoms with Gasteiger partial charge in [-0.3, -0.25) is 0 Å². The molecule has 0 unspecified atom stereocenters. The van der Waals surface area contributed by atoms with Gasteiger partial charge in [0.1, 0.15) is 17.6 Å². The van der Waals surface area contributed by atoms with Crippen molar-refractivity contribution in [2.75, 3.05) is 11.1 Å². The molecule has 0 atom stereocenters. The number of nitrogens with one attached hydrogen (secondary N) is 1. The SMILES string of the molecule is CCCCc1ccc(Nc2nc(N)c(C#N)c(C)c2/N=N/c2cccc(C)c2)cc1. The van der Waals surface area contributed by atoms with E-state index in [1.54, 1.807) is 6.92 Å². The molecule has 0 aliphatic heterocycles. The minimum atomic E-state index is 0.173. The number of nitrogens with two attached hydrogens (primary N) is 1. The monoisotopic (exact) mass is 398 g/mol. The van der Waals surface area contributed by atoms with Crippen molar-refractivity contribution in [3.8, 4) is 6.07 Å². The fourth-order valence-corrected chi connectivity index (χ4v) is 3.14. The quantitative estimate of drug-likeness (QED) is 0.435. The smallest absolute Gasteiger partial charge is 0.161 e. The molecular weight excluding hydrogens is 372 g/mol. The van der Waals surface area contributed by atoms with Crippen LogP contribution >= 0.6 is 0 Å². The standard InChI is InChI=1S/C24H26N6/c1-4-5-8-18-10-12-19(13-11-18)27-24-22(17(3)21(15-25)23(26)28-24)30-29-20-9-6-7-16(2)14-20/h6-7,9-14H,4-5,8H2,1-3H3,(H3,26,27,28)/b30-29+. The molecule has 6 nitrogen and oxygen atoms in total. The van der Waals surface area contributed by atoms with Gasteiger partial charge in [-0.05, 0) is 62.1 Å². The Morgan fingerprint density at radius 1 is 1.10 bits per heavy atom. The van der Waals surface area contributed by atoms with Gasteiger partial charge in [-0.25, -0.2) is 4.98 Å². The van der Waals surface area contributed by atoms with Crippen molar-refractivity contribution >= 4 is 28.7 Å². The largest absolute Gasteiger partial charge is 0.383 e. The lowest BCUT2D eigenvalue weighted by Gasteiger charge is -2.13. The van der Waals surface area contributed by atoms with E-state index in [2.05, 4.69) is 45.7 Å². The average Bonchev–Trinajstić information content (AvgIpc) is 2.73. The van der Waals surface area contributed by atoms with E-state index in [4.69, 9.17) is 5.73 Å². The lowest BCUT2D eigenvalue weighted by Crippen LogP contribution is -2.03. The molecule has 1 heterocycles. The van der Waals surface area contributed by atoms with E-state index in [1.807, 2.05) is 43.3 Å². The molecule has 0 aliphatic rings. The van der Waals surface area contributed by atoms with Crippen LogP contribution in [0.3, 0.4) is 0 Å². The molecule has 0 amide bonds. The molecule has 3 aromatic rings. The van der Waals surface area contributed by atoms with Crippen LogP contribution in [0.2, 0.25) is 0 Å². The Kier molecular flexibility index (Phi) is 6.76. The number of unbranched alkanes of at least 4 members (excludes halogenated alkanes) is 1. The lowest BCUT2D eigenvalue weighted by atomic mass is 10.1. The van der Waals surface area contributed by atoms with Crippen LogP contribution in [-0.4, -0.2) is 4.98 Å². The minimum absolute atomic E-state index is 0.173. The van der Waals surface area contributed by atoms with E-state index in [9.17, 15) is 5.26 Å². The normalized spacial score (nSPS) is 10.9. The van der Waals surface area contributed by atoms with E-state index in [0.717, 1.165) is 23.4 Å². The van der Waals surface area contributed by atoms with Gasteiger partial charge in [0.15, 0.2) is 5.82 Å². The third-order valence-corrected chi connectivity index (χ3v) is 4.86. The fraction of sp³-hybridized carbons (Fsp3) is 0.250. The highest BCUT2D eigenvalue weighted by molar-refractivity contribution is 5.76. The van der Waals surface area contributed by atoms with Crippen molar-refractivity contribution in [1.82, 2.24) is 4.98 Å². The van der Waals surface area contributed by atoms with Gasteiger partial charge in [-0.1, -0.05) is 37.6 Å². The van der Waals surface area contributed by atoms with E-state index in [0.29, 0.717) is 22.6 Å². The van der Waals surface area contributed by atoms with Crippen LogP contribution in [-0.2, 0) is 6.42 Å². The van der Waals surface area contributed by atoms with E-state index < -0.39 is 0 Å². The Bertz CT molecular complexity index is 1090. The van der Waals surface area contributed by atoms with Gasteiger partial charge < -0.3 is 11.1 Å². The number of nitriles is 1. The maximum Gasteiger partial charge on any atom is 0.161 e. The van der Waals surface area contributed by atoms with Gasteiger partial charge in [0, 0.05) is 11.3 Å². The maximum absolute atomic E-state index is 9.46. The Labute approximate surface area is 177 Å². The molecule has 0 saturated heterocycles. The molecule has 0 radical (unpaired) electrons. The highest BCUT2D eigenvalue weighted by atomic mass is 15.1. The van der Waals surface area contributed by atoms with Crippen LogP contribution in [0.15, 0.2) is 58.8 Å². The second-order valence-corrected chi connectivity index (χ2v) is 7.27. The number of anilines is 3. The summed E-state index contributed by atoms with van der Waals surface area (Å²) in [6.45, 7) is 5.99. The second-order valence-electron chi connectivity index (χ2n) is 7.27. The first kappa shape index (κ1) is 21.0. The van der Waals surface area contributed by atoms with Gasteiger partial charge in [0.25, 0.3) is 0 Å². The summed E-state index contributed by atoms with van der Waals surface area (Å²) in [5.74, 6) is 0.647. The van der Waals surface area contributed by atoms with Gasteiger partial charge in [0.05, 0.1) is 11.3 Å². The highest BCUT2D eigenvalue weighted by Crippen LogP contribution is 2.35. The van der Waals surface area contributed by atoms with Crippen molar-refractivity contribution in [1.29, 1.82) is 5.26 Å². The van der Waals surface area contributed by atoms with Gasteiger partial charge in [-0.15, -0.1) is 5.11 Å². The van der Waals surface area contributed by atoms with Crippen LogP contribution in [0.1, 0.15) is 42.0 Å². The molecule has 0 fully saturated rings. The number of aromatic nitrogens is 1. The summed E-state index contributed by atoms with van der Waals surface area (Å²) >= 11 is 0. The average molecular weight is 399 g/mol. The third kappa shape index (κ3) is 5.00. The van der Waals surface area contributed by atoms with Crippen molar-refractivity contribution in [3.05, 3.63) is 70.8 Å². The first-order chi connectivity index (χ1) is 14.5. The number of benzene rings is 2. The van der Waals surface area contributed by atoms with E-state index in [1.165, 1.54) is 18.4 Å². The molecule has 2 aromatic carbocycles. The lowest BCUT2D eigenvalue weighted by molar-refractivity contribution is 0.795. The summed E-state index contributed by atoms with van der Waals surface area (Å²) in [5.41, 5.74) is 11.5. The van der Waals surface area contributed by atoms with Crippen molar-refractivity contribution in [2.24, 2.45) is 10.2 Å². The van der Waals surface area contributed by atoms with E-state index >= 15 is 0 Å². The molecule has 0 spiro atoms. The molecule has 30 heavy (non-hydrogen) atoms. The van der Waals surface area contributed by atoms with E-state index in [-0.39, 0.29) is 5.82 Å². The van der Waals surface area contributed by atoms with Gasteiger partial charge in [-0.2, -0.15) is 10.4 Å². The summed E-state index contributed by atoms with van der Waals surface area (Å²) in [4.78, 5) is 4.39. The number of hydrogen-bond donors (Lipinski definition) is 2. The van der Waals surface area contributed by atoms with Crippen molar-refractivity contribution in [3.63, 3.8) is 0 Å².